The molecule has 4 rings (SSSR count). The largest absolute Gasteiger partial charge is 0.340 e. The number of benzene rings is 1. The Morgan fingerprint density at radius 3 is 2.46 bits per heavy atom. The molecule has 0 radical (unpaired) electrons. The van der Waals surface area contributed by atoms with E-state index in [4.69, 9.17) is 4.98 Å². The summed E-state index contributed by atoms with van der Waals surface area (Å²) in [5.74, 6) is 1.89. The number of fused-ring (bicyclic) bond motifs is 1. The quantitative estimate of drug-likeness (QED) is 0.250. The van der Waals surface area contributed by atoms with E-state index < -0.39 is 0 Å². The molecule has 0 aliphatic rings. The Morgan fingerprint density at radius 2 is 1.74 bits per heavy atom. The van der Waals surface area contributed by atoms with Crippen LogP contribution in [0.15, 0.2) is 65.6 Å². The number of aromatic nitrogens is 3. The Morgan fingerprint density at radius 1 is 0.943 bits per heavy atom. The lowest BCUT2D eigenvalue weighted by Gasteiger charge is -2.19. The summed E-state index contributed by atoms with van der Waals surface area (Å²) in [6.07, 6.45) is 7.78. The standard InChI is InChI=1S/C30H36N4O/c1-5-8-22(12-11-20(3)6-2)23-13-15-25(16-14-23)33-29-28-24(17-18-31-30(28)35)19-27(34-29)26-10-7-9-21(4)32-26/h7,9-10,13-20,22H,5-6,8,11-12H2,1-4H3,(H,31,35)(H,33,34). The molecule has 2 atom stereocenters. The lowest BCUT2D eigenvalue weighted by molar-refractivity contribution is 0.445. The molecule has 0 fully saturated rings. The summed E-state index contributed by atoms with van der Waals surface area (Å²) in [4.78, 5) is 24.9. The van der Waals surface area contributed by atoms with E-state index in [1.54, 1.807) is 6.20 Å². The monoisotopic (exact) mass is 468 g/mol. The predicted octanol–water partition coefficient (Wildman–Crippen LogP) is 7.75. The Hall–Kier alpha value is -3.47. The van der Waals surface area contributed by atoms with Crippen LogP contribution < -0.4 is 10.9 Å². The summed E-state index contributed by atoms with van der Waals surface area (Å²) >= 11 is 0. The first-order valence-corrected chi connectivity index (χ1v) is 12.8. The average molecular weight is 469 g/mol. The van der Waals surface area contributed by atoms with Crippen LogP contribution in [0.5, 0.6) is 0 Å². The molecule has 182 valence electrons. The fourth-order valence-electron chi connectivity index (χ4n) is 4.61. The molecule has 5 nitrogen and oxygen atoms in total. The molecule has 0 aliphatic carbocycles. The predicted molar refractivity (Wildman–Crippen MR) is 146 cm³/mol. The van der Waals surface area contributed by atoms with Crippen molar-refractivity contribution in [3.63, 3.8) is 0 Å². The van der Waals surface area contributed by atoms with Crippen molar-refractivity contribution in [3.05, 3.63) is 82.4 Å². The molecular weight excluding hydrogens is 432 g/mol. The zero-order chi connectivity index (χ0) is 24.8. The first-order chi connectivity index (χ1) is 17.0. The minimum Gasteiger partial charge on any atom is -0.340 e. The van der Waals surface area contributed by atoms with E-state index >= 15 is 0 Å². The van der Waals surface area contributed by atoms with Crippen molar-refractivity contribution in [3.8, 4) is 11.4 Å². The highest BCUT2D eigenvalue weighted by atomic mass is 16.1. The van der Waals surface area contributed by atoms with Crippen LogP contribution in [0.3, 0.4) is 0 Å². The van der Waals surface area contributed by atoms with Crippen molar-refractivity contribution >= 4 is 22.3 Å². The lowest BCUT2D eigenvalue weighted by atomic mass is 9.87. The maximum atomic E-state index is 12.7. The molecule has 3 aromatic heterocycles. The van der Waals surface area contributed by atoms with Gasteiger partial charge in [-0.15, -0.1) is 0 Å². The number of nitrogens with zero attached hydrogens (tertiary/aromatic N) is 2. The van der Waals surface area contributed by atoms with Gasteiger partial charge in [-0.1, -0.05) is 58.2 Å². The van der Waals surface area contributed by atoms with Crippen molar-refractivity contribution in [2.75, 3.05) is 5.32 Å². The van der Waals surface area contributed by atoms with Gasteiger partial charge in [0.25, 0.3) is 5.56 Å². The summed E-state index contributed by atoms with van der Waals surface area (Å²) in [6.45, 7) is 8.84. The molecule has 0 saturated carbocycles. The normalized spacial score (nSPS) is 13.0. The summed E-state index contributed by atoms with van der Waals surface area (Å²) in [7, 11) is 0. The number of pyridine rings is 3. The fourth-order valence-corrected chi connectivity index (χ4v) is 4.61. The van der Waals surface area contributed by atoms with E-state index in [2.05, 4.69) is 60.3 Å². The zero-order valence-corrected chi connectivity index (χ0v) is 21.3. The number of hydrogen-bond donors (Lipinski definition) is 2. The molecule has 0 amide bonds. The smallest absolute Gasteiger partial charge is 0.259 e. The van der Waals surface area contributed by atoms with Gasteiger partial charge < -0.3 is 10.3 Å². The number of aryl methyl sites for hydroxylation is 1. The van der Waals surface area contributed by atoms with E-state index in [1.165, 1.54) is 37.7 Å². The van der Waals surface area contributed by atoms with Crippen molar-refractivity contribution < 1.29 is 0 Å². The molecule has 4 aromatic rings. The second-order valence-electron chi connectivity index (χ2n) is 9.61. The second-order valence-corrected chi connectivity index (χ2v) is 9.61. The van der Waals surface area contributed by atoms with E-state index in [0.717, 1.165) is 34.1 Å². The number of hydrogen-bond acceptors (Lipinski definition) is 4. The minimum atomic E-state index is -0.161. The third-order valence-electron chi connectivity index (χ3n) is 6.89. The van der Waals surface area contributed by atoms with Crippen LogP contribution in [0.25, 0.3) is 22.2 Å². The fraction of sp³-hybridized carbons (Fsp3) is 0.367. The Kier molecular flexibility index (Phi) is 7.96. The van der Waals surface area contributed by atoms with Gasteiger partial charge in [-0.05, 0) is 78.9 Å². The summed E-state index contributed by atoms with van der Waals surface area (Å²) in [6, 6.07) is 18.3. The van der Waals surface area contributed by atoms with Crippen molar-refractivity contribution in [2.24, 2.45) is 5.92 Å². The Labute approximate surface area is 208 Å². The molecule has 2 unspecified atom stereocenters. The van der Waals surface area contributed by atoms with Crippen molar-refractivity contribution in [2.45, 2.75) is 65.7 Å². The van der Waals surface area contributed by atoms with Crippen LogP contribution >= 0.6 is 0 Å². The highest BCUT2D eigenvalue weighted by Gasteiger charge is 2.14. The van der Waals surface area contributed by atoms with Crippen LogP contribution in [0.4, 0.5) is 11.5 Å². The Bertz CT molecular complexity index is 1330. The number of aromatic amines is 1. The molecule has 2 N–H and O–H groups in total. The number of H-pyrrole nitrogens is 1. The molecule has 1 aromatic carbocycles. The highest BCUT2D eigenvalue weighted by Crippen LogP contribution is 2.31. The first kappa shape index (κ1) is 24.6. The van der Waals surface area contributed by atoms with Gasteiger partial charge >= 0.3 is 0 Å². The third-order valence-corrected chi connectivity index (χ3v) is 6.89. The number of anilines is 2. The first-order valence-electron chi connectivity index (χ1n) is 12.8. The molecule has 35 heavy (non-hydrogen) atoms. The molecule has 0 saturated heterocycles. The number of rotatable bonds is 10. The second kappa shape index (κ2) is 11.3. The lowest BCUT2D eigenvalue weighted by Crippen LogP contribution is -2.09. The van der Waals surface area contributed by atoms with Gasteiger partial charge in [0.05, 0.1) is 16.8 Å². The molecule has 5 heteroatoms. The van der Waals surface area contributed by atoms with E-state index in [-0.39, 0.29) is 5.56 Å². The van der Waals surface area contributed by atoms with Gasteiger partial charge in [0, 0.05) is 17.6 Å². The highest BCUT2D eigenvalue weighted by molar-refractivity contribution is 5.94. The van der Waals surface area contributed by atoms with E-state index in [9.17, 15) is 4.79 Å². The van der Waals surface area contributed by atoms with Crippen molar-refractivity contribution in [1.82, 2.24) is 15.0 Å². The van der Waals surface area contributed by atoms with Crippen LogP contribution in [-0.2, 0) is 0 Å². The van der Waals surface area contributed by atoms with Gasteiger partial charge in [0.1, 0.15) is 5.82 Å². The SMILES string of the molecule is CCCC(CCC(C)CC)c1ccc(Nc2nc(-c3cccc(C)n3)cc3cc[nH]c(=O)c23)cc1. The molecule has 0 aliphatic heterocycles. The van der Waals surface area contributed by atoms with Gasteiger partial charge in [0.2, 0.25) is 0 Å². The van der Waals surface area contributed by atoms with Crippen LogP contribution in [0.2, 0.25) is 0 Å². The Balaban J connectivity index is 1.65. The van der Waals surface area contributed by atoms with Gasteiger partial charge in [-0.3, -0.25) is 9.78 Å². The molecule has 0 bridgehead atoms. The van der Waals surface area contributed by atoms with E-state index in [1.807, 2.05) is 37.3 Å². The van der Waals surface area contributed by atoms with Gasteiger partial charge in [-0.2, -0.15) is 0 Å². The maximum absolute atomic E-state index is 12.7. The summed E-state index contributed by atoms with van der Waals surface area (Å²) < 4.78 is 0. The van der Waals surface area contributed by atoms with Crippen LogP contribution in [0.1, 0.15) is 70.1 Å². The number of nitrogens with one attached hydrogen (secondary N) is 2. The van der Waals surface area contributed by atoms with Gasteiger partial charge in [-0.25, -0.2) is 4.98 Å². The van der Waals surface area contributed by atoms with Crippen LogP contribution in [-0.4, -0.2) is 15.0 Å². The molecule has 3 heterocycles. The van der Waals surface area contributed by atoms with E-state index in [0.29, 0.717) is 17.1 Å². The summed E-state index contributed by atoms with van der Waals surface area (Å²) in [5, 5.41) is 4.79. The zero-order valence-electron chi connectivity index (χ0n) is 21.3. The van der Waals surface area contributed by atoms with Gasteiger partial charge in [0.15, 0.2) is 0 Å². The molecule has 0 spiro atoms. The summed E-state index contributed by atoms with van der Waals surface area (Å²) in [5.41, 5.74) is 4.58. The maximum Gasteiger partial charge on any atom is 0.259 e. The van der Waals surface area contributed by atoms with Crippen LogP contribution in [0, 0.1) is 12.8 Å². The topological polar surface area (TPSA) is 70.7 Å². The average Bonchev–Trinajstić information content (AvgIpc) is 2.86. The van der Waals surface area contributed by atoms with Crippen molar-refractivity contribution in [1.29, 1.82) is 0 Å². The minimum absolute atomic E-state index is 0.161. The molecular formula is C30H36N4O. The third kappa shape index (κ3) is 5.97.